The van der Waals surface area contributed by atoms with Gasteiger partial charge in [0.05, 0.1) is 6.04 Å². The lowest BCUT2D eigenvalue weighted by Crippen LogP contribution is -2.56. The summed E-state index contributed by atoms with van der Waals surface area (Å²) in [7, 11) is 0. The van der Waals surface area contributed by atoms with Crippen LogP contribution in [-0.2, 0) is 19.2 Å². The highest BCUT2D eigenvalue weighted by Gasteiger charge is 2.39. The summed E-state index contributed by atoms with van der Waals surface area (Å²) in [6, 6.07) is -2.94. The molecular formula is C22H39N7O5. The lowest BCUT2D eigenvalue weighted by molar-refractivity contribution is -0.143. The number of nitrogens with one attached hydrogen (secondary N) is 3. The minimum atomic E-state index is -1.18. The van der Waals surface area contributed by atoms with E-state index in [1.54, 1.807) is 4.90 Å². The predicted octanol–water partition coefficient (Wildman–Crippen LogP) is -1.12. The molecule has 0 aromatic carbocycles. The molecule has 2 fully saturated rings. The summed E-state index contributed by atoms with van der Waals surface area (Å²) in [5.74, 6) is -2.21. The molecule has 2 rings (SSSR count). The van der Waals surface area contributed by atoms with Crippen LogP contribution >= 0.6 is 0 Å². The second-order valence-electron chi connectivity index (χ2n) is 9.38. The van der Waals surface area contributed by atoms with Gasteiger partial charge in [-0.25, -0.2) is 4.79 Å². The number of aliphatic imine (C=N–C) groups is 1. The lowest BCUT2D eigenvalue weighted by atomic mass is 10.0. The van der Waals surface area contributed by atoms with Crippen molar-refractivity contribution in [1.82, 2.24) is 20.9 Å². The van der Waals surface area contributed by atoms with Crippen molar-refractivity contribution < 1.29 is 24.3 Å². The lowest BCUT2D eigenvalue weighted by Gasteiger charge is -2.29. The maximum atomic E-state index is 13.1. The van der Waals surface area contributed by atoms with Crippen molar-refractivity contribution in [2.75, 3.05) is 19.6 Å². The molecule has 0 bridgehead atoms. The number of guanidine groups is 1. The minimum absolute atomic E-state index is 0.0743. The molecule has 2 aliphatic rings. The van der Waals surface area contributed by atoms with Gasteiger partial charge < -0.3 is 37.4 Å². The van der Waals surface area contributed by atoms with Crippen molar-refractivity contribution in [2.24, 2.45) is 22.4 Å². The van der Waals surface area contributed by atoms with Gasteiger partial charge in [-0.15, -0.1) is 0 Å². The van der Waals surface area contributed by atoms with E-state index in [1.807, 2.05) is 13.8 Å². The summed E-state index contributed by atoms with van der Waals surface area (Å²) in [4.78, 5) is 56.0. The second-order valence-corrected chi connectivity index (χ2v) is 9.38. The first-order chi connectivity index (χ1) is 16.1. The fourth-order valence-corrected chi connectivity index (χ4v) is 4.40. The quantitative estimate of drug-likeness (QED) is 0.115. The van der Waals surface area contributed by atoms with Crippen molar-refractivity contribution in [1.29, 1.82) is 0 Å². The Balaban J connectivity index is 2.01. The van der Waals surface area contributed by atoms with Crippen LogP contribution < -0.4 is 27.4 Å². The largest absolute Gasteiger partial charge is 0.480 e. The maximum absolute atomic E-state index is 13.1. The standard InChI is InChI=1S/C22H39N7O5/c1-13(2)12-16(18(30)27-15(21(33)34)7-4-10-26-22(23)24)28-19(31)17-8-5-11-29(17)20(32)14-6-3-9-25-14/h13-17,25H,3-12H2,1-2H3,(H,27,30)(H,28,31)(H,33,34)(H4,23,24,26). The van der Waals surface area contributed by atoms with Crippen LogP contribution in [0.3, 0.4) is 0 Å². The molecule has 0 spiro atoms. The van der Waals surface area contributed by atoms with E-state index in [-0.39, 0.29) is 42.7 Å². The number of rotatable bonds is 12. The third kappa shape index (κ3) is 8.15. The number of carbonyl (C=O) groups is 4. The number of carbonyl (C=O) groups excluding carboxylic acids is 3. The van der Waals surface area contributed by atoms with E-state index in [9.17, 15) is 24.3 Å². The normalized spacial score (nSPS) is 21.7. The van der Waals surface area contributed by atoms with Crippen molar-refractivity contribution in [3.63, 3.8) is 0 Å². The number of carboxylic acids is 1. The van der Waals surface area contributed by atoms with Crippen LogP contribution in [0.25, 0.3) is 0 Å². The number of likely N-dealkylation sites (tertiary alicyclic amines) is 1. The topological polar surface area (TPSA) is 192 Å². The molecule has 0 saturated carbocycles. The van der Waals surface area contributed by atoms with E-state index >= 15 is 0 Å². The third-order valence-corrected chi connectivity index (χ3v) is 6.10. The fraction of sp³-hybridized carbons (Fsp3) is 0.773. The zero-order chi connectivity index (χ0) is 25.3. The second kappa shape index (κ2) is 13.1. The van der Waals surface area contributed by atoms with E-state index in [4.69, 9.17) is 11.5 Å². The van der Waals surface area contributed by atoms with E-state index in [1.165, 1.54) is 0 Å². The Hall–Kier alpha value is -2.89. The van der Waals surface area contributed by atoms with Crippen LogP contribution in [0.15, 0.2) is 4.99 Å². The Morgan fingerprint density at radius 2 is 1.85 bits per heavy atom. The first-order valence-electron chi connectivity index (χ1n) is 12.0. The molecule has 192 valence electrons. The molecule has 0 radical (unpaired) electrons. The van der Waals surface area contributed by atoms with Crippen molar-refractivity contribution in [3.05, 3.63) is 0 Å². The number of carboxylic acid groups (broad SMARTS) is 1. The monoisotopic (exact) mass is 481 g/mol. The average Bonchev–Trinajstić information content (AvgIpc) is 3.46. The van der Waals surface area contributed by atoms with Gasteiger partial charge in [0.15, 0.2) is 5.96 Å². The zero-order valence-corrected chi connectivity index (χ0v) is 20.1. The molecule has 2 aliphatic heterocycles. The summed E-state index contributed by atoms with van der Waals surface area (Å²) >= 11 is 0. The van der Waals surface area contributed by atoms with E-state index in [0.29, 0.717) is 32.2 Å². The van der Waals surface area contributed by atoms with Crippen LogP contribution in [0.2, 0.25) is 0 Å². The summed E-state index contributed by atoms with van der Waals surface area (Å²) in [5, 5.41) is 18.0. The summed E-state index contributed by atoms with van der Waals surface area (Å²) < 4.78 is 0. The maximum Gasteiger partial charge on any atom is 0.326 e. The predicted molar refractivity (Wildman–Crippen MR) is 127 cm³/mol. The van der Waals surface area contributed by atoms with Gasteiger partial charge in [-0.1, -0.05) is 13.8 Å². The zero-order valence-electron chi connectivity index (χ0n) is 20.1. The highest BCUT2D eigenvalue weighted by atomic mass is 16.4. The molecule has 4 atom stereocenters. The number of hydrogen-bond acceptors (Lipinski definition) is 6. The first kappa shape index (κ1) is 27.4. The van der Waals surface area contributed by atoms with Gasteiger partial charge in [-0.3, -0.25) is 19.4 Å². The van der Waals surface area contributed by atoms with Crippen LogP contribution in [0.1, 0.15) is 58.8 Å². The molecular weight excluding hydrogens is 442 g/mol. The van der Waals surface area contributed by atoms with Gasteiger partial charge >= 0.3 is 5.97 Å². The molecule has 3 amide bonds. The van der Waals surface area contributed by atoms with Gasteiger partial charge in [0, 0.05) is 13.1 Å². The Morgan fingerprint density at radius 1 is 1.12 bits per heavy atom. The summed E-state index contributed by atoms with van der Waals surface area (Å²) in [5.41, 5.74) is 10.5. The van der Waals surface area contributed by atoms with Gasteiger partial charge in [0.25, 0.3) is 0 Å². The fourth-order valence-electron chi connectivity index (χ4n) is 4.40. The van der Waals surface area contributed by atoms with Gasteiger partial charge in [-0.2, -0.15) is 0 Å². The summed E-state index contributed by atoms with van der Waals surface area (Å²) in [6.45, 7) is 5.36. The Labute approximate surface area is 200 Å². The Bertz CT molecular complexity index is 763. The van der Waals surface area contributed by atoms with Crippen molar-refractivity contribution in [2.45, 2.75) is 83.0 Å². The van der Waals surface area contributed by atoms with Crippen LogP contribution in [0.5, 0.6) is 0 Å². The smallest absolute Gasteiger partial charge is 0.326 e. The molecule has 34 heavy (non-hydrogen) atoms. The molecule has 12 nitrogen and oxygen atoms in total. The van der Waals surface area contributed by atoms with E-state index in [0.717, 1.165) is 19.4 Å². The third-order valence-electron chi connectivity index (χ3n) is 6.10. The molecule has 8 N–H and O–H groups in total. The molecule has 0 aliphatic carbocycles. The number of amides is 3. The van der Waals surface area contributed by atoms with Crippen molar-refractivity contribution >= 4 is 29.7 Å². The van der Waals surface area contributed by atoms with Crippen LogP contribution in [0.4, 0.5) is 0 Å². The van der Waals surface area contributed by atoms with Gasteiger partial charge in [0.2, 0.25) is 17.7 Å². The molecule has 0 aromatic rings. The van der Waals surface area contributed by atoms with E-state index in [2.05, 4.69) is 20.9 Å². The Morgan fingerprint density at radius 3 is 2.44 bits per heavy atom. The Kier molecular flexibility index (Phi) is 10.6. The molecule has 0 aromatic heterocycles. The van der Waals surface area contributed by atoms with Crippen LogP contribution in [0, 0.1) is 5.92 Å². The number of hydrogen-bond donors (Lipinski definition) is 6. The molecule has 4 unspecified atom stereocenters. The molecule has 2 heterocycles. The number of aliphatic carboxylic acids is 1. The first-order valence-corrected chi connectivity index (χ1v) is 12.0. The minimum Gasteiger partial charge on any atom is -0.480 e. The highest BCUT2D eigenvalue weighted by Crippen LogP contribution is 2.21. The number of nitrogens with two attached hydrogens (primary N) is 2. The average molecular weight is 482 g/mol. The SMILES string of the molecule is CC(C)CC(NC(=O)C1CCCN1C(=O)C1CCCN1)C(=O)NC(CCCN=C(N)N)C(=O)O. The van der Waals surface area contributed by atoms with E-state index < -0.39 is 30.0 Å². The van der Waals surface area contributed by atoms with Crippen molar-refractivity contribution in [3.8, 4) is 0 Å². The van der Waals surface area contributed by atoms with Gasteiger partial charge in [-0.05, 0) is 57.4 Å². The molecule has 2 saturated heterocycles. The highest BCUT2D eigenvalue weighted by molar-refractivity contribution is 5.94. The van der Waals surface area contributed by atoms with Crippen LogP contribution in [-0.4, -0.2) is 83.5 Å². The molecule has 12 heteroatoms. The van der Waals surface area contributed by atoms with Gasteiger partial charge in [0.1, 0.15) is 18.1 Å². The number of nitrogens with zero attached hydrogens (tertiary/aromatic N) is 2. The summed E-state index contributed by atoms with van der Waals surface area (Å²) in [6.07, 6.45) is 3.76.